The van der Waals surface area contributed by atoms with E-state index in [0.717, 1.165) is 0 Å². The van der Waals surface area contributed by atoms with E-state index in [2.05, 4.69) is 23.3 Å². The summed E-state index contributed by atoms with van der Waals surface area (Å²) in [5, 5.41) is 0. The van der Waals surface area contributed by atoms with Crippen LogP contribution in [0.4, 0.5) is 0 Å². The summed E-state index contributed by atoms with van der Waals surface area (Å²) in [7, 11) is 0. The van der Waals surface area contributed by atoms with E-state index in [1.165, 1.54) is 13.3 Å². The first kappa shape index (κ1) is 12.7. The highest BCUT2D eigenvalue weighted by atomic mass is 16.6. The van der Waals surface area contributed by atoms with Crippen LogP contribution in [0.15, 0.2) is 11.8 Å². The van der Waals surface area contributed by atoms with E-state index in [1.807, 2.05) is 0 Å². The first-order valence-corrected chi connectivity index (χ1v) is 4.63. The van der Waals surface area contributed by atoms with Crippen LogP contribution in [-0.2, 0) is 19.1 Å². The third-order valence-electron chi connectivity index (χ3n) is 1.16. The second-order valence-corrected chi connectivity index (χ2v) is 2.84. The minimum Gasteiger partial charge on any atom is -0.458 e. The van der Waals surface area contributed by atoms with Crippen LogP contribution < -0.4 is 0 Å². The largest absolute Gasteiger partial charge is 0.458 e. The van der Waals surface area contributed by atoms with Crippen molar-refractivity contribution in [2.24, 2.45) is 0 Å². The van der Waals surface area contributed by atoms with E-state index in [0.29, 0.717) is 5.76 Å². The summed E-state index contributed by atoms with van der Waals surface area (Å²) >= 11 is 0. The van der Waals surface area contributed by atoms with Crippen molar-refractivity contribution in [3.63, 3.8) is 0 Å². The van der Waals surface area contributed by atoms with Crippen molar-refractivity contribution in [2.45, 2.75) is 33.6 Å². The van der Waals surface area contributed by atoms with Crippen molar-refractivity contribution in [1.29, 1.82) is 0 Å². The predicted molar refractivity (Wildman–Crippen MR) is 51.4 cm³/mol. The molecular weight excluding hydrogens is 184 g/mol. The lowest BCUT2D eigenvalue weighted by molar-refractivity contribution is -0.144. The Hall–Kier alpha value is -1.32. The molecule has 0 aromatic rings. The van der Waals surface area contributed by atoms with Crippen molar-refractivity contribution in [1.82, 2.24) is 0 Å². The molecule has 0 fully saturated rings. The summed E-state index contributed by atoms with van der Waals surface area (Å²) in [5.74, 6) is -0.258. The number of esters is 2. The average molecular weight is 200 g/mol. The van der Waals surface area contributed by atoms with Gasteiger partial charge in [0.15, 0.2) is 0 Å². The Labute approximate surface area is 83.9 Å². The Balaban J connectivity index is 0.000000500. The van der Waals surface area contributed by atoms with Crippen molar-refractivity contribution in [3.05, 3.63) is 11.8 Å². The van der Waals surface area contributed by atoms with Crippen LogP contribution in [0.5, 0.6) is 0 Å². The minimum absolute atomic E-state index is 0.0566. The molecule has 0 N–H and O–H groups in total. The average Bonchev–Trinajstić information content (AvgIpc) is 2.49. The number of hydrogen-bond donors (Lipinski definition) is 0. The Bertz CT molecular complexity index is 230. The summed E-state index contributed by atoms with van der Waals surface area (Å²) in [4.78, 5) is 20.8. The van der Waals surface area contributed by atoms with Crippen molar-refractivity contribution < 1.29 is 19.1 Å². The maximum atomic E-state index is 10.5. The Morgan fingerprint density at radius 2 is 2.14 bits per heavy atom. The van der Waals surface area contributed by atoms with Crippen LogP contribution >= 0.6 is 0 Å². The molecule has 0 atom stereocenters. The molecule has 1 aliphatic rings. The van der Waals surface area contributed by atoms with Gasteiger partial charge in [0, 0.05) is 6.92 Å². The molecule has 0 aromatic heterocycles. The quantitative estimate of drug-likeness (QED) is 0.638. The van der Waals surface area contributed by atoms with Crippen LogP contribution in [0.1, 0.15) is 33.6 Å². The first-order chi connectivity index (χ1) is 6.60. The number of rotatable bonds is 2. The SMILES string of the molecule is CC(=O)OCC1=CCC(=O)O1.CCC. The van der Waals surface area contributed by atoms with Gasteiger partial charge in [-0.1, -0.05) is 20.3 Å². The first-order valence-electron chi connectivity index (χ1n) is 4.63. The standard InChI is InChI=1S/C7H8O4.C3H8/c1-5(8)10-4-6-2-3-7(9)11-6;1-3-2/h2H,3-4H2,1H3;3H2,1-2H3. The second kappa shape index (κ2) is 7.12. The molecule has 0 aliphatic carbocycles. The van der Waals surface area contributed by atoms with E-state index in [4.69, 9.17) is 0 Å². The van der Waals surface area contributed by atoms with Gasteiger partial charge in [0.1, 0.15) is 12.4 Å². The molecule has 0 unspecified atom stereocenters. The van der Waals surface area contributed by atoms with Gasteiger partial charge in [-0.05, 0) is 6.08 Å². The van der Waals surface area contributed by atoms with Crippen LogP contribution in [0.2, 0.25) is 0 Å². The monoisotopic (exact) mass is 200 g/mol. The topological polar surface area (TPSA) is 52.6 Å². The van der Waals surface area contributed by atoms with Gasteiger partial charge in [-0.15, -0.1) is 0 Å². The Kier molecular flexibility index (Phi) is 6.45. The normalized spacial score (nSPS) is 13.6. The lowest BCUT2D eigenvalue weighted by Gasteiger charge is -2.00. The lowest BCUT2D eigenvalue weighted by Crippen LogP contribution is -2.04. The summed E-state index contributed by atoms with van der Waals surface area (Å²) in [6.45, 7) is 5.61. The lowest BCUT2D eigenvalue weighted by atomic mass is 10.4. The molecule has 4 heteroatoms. The molecular formula is C10H16O4. The van der Waals surface area contributed by atoms with Gasteiger partial charge < -0.3 is 9.47 Å². The van der Waals surface area contributed by atoms with E-state index in [-0.39, 0.29) is 25.0 Å². The molecule has 0 saturated heterocycles. The Morgan fingerprint density at radius 3 is 2.50 bits per heavy atom. The van der Waals surface area contributed by atoms with E-state index in [9.17, 15) is 9.59 Å². The fraction of sp³-hybridized carbons (Fsp3) is 0.600. The highest BCUT2D eigenvalue weighted by Gasteiger charge is 2.14. The van der Waals surface area contributed by atoms with Crippen molar-refractivity contribution >= 4 is 11.9 Å². The molecule has 0 saturated carbocycles. The molecule has 1 heterocycles. The molecule has 14 heavy (non-hydrogen) atoms. The molecule has 0 radical (unpaired) electrons. The summed E-state index contributed by atoms with van der Waals surface area (Å²) in [5.41, 5.74) is 0. The van der Waals surface area contributed by atoms with Crippen LogP contribution in [0, 0.1) is 0 Å². The number of hydrogen-bond acceptors (Lipinski definition) is 4. The highest BCUT2D eigenvalue weighted by molar-refractivity contribution is 5.75. The van der Waals surface area contributed by atoms with Gasteiger partial charge in [-0.3, -0.25) is 9.59 Å². The number of ether oxygens (including phenoxy) is 2. The molecule has 0 spiro atoms. The van der Waals surface area contributed by atoms with E-state index in [1.54, 1.807) is 6.08 Å². The van der Waals surface area contributed by atoms with Gasteiger partial charge in [0.05, 0.1) is 6.42 Å². The zero-order valence-electron chi connectivity index (χ0n) is 8.83. The number of carbonyl (C=O) groups is 2. The van der Waals surface area contributed by atoms with Crippen molar-refractivity contribution in [2.75, 3.05) is 6.61 Å². The van der Waals surface area contributed by atoms with E-state index < -0.39 is 0 Å². The smallest absolute Gasteiger partial charge is 0.314 e. The predicted octanol–water partition coefficient (Wildman–Crippen LogP) is 1.80. The minimum atomic E-state index is -0.381. The fourth-order valence-electron chi connectivity index (χ4n) is 0.688. The Morgan fingerprint density at radius 1 is 1.57 bits per heavy atom. The summed E-state index contributed by atoms with van der Waals surface area (Å²) < 4.78 is 9.25. The molecule has 1 rings (SSSR count). The van der Waals surface area contributed by atoms with Gasteiger partial charge >= 0.3 is 11.9 Å². The summed E-state index contributed by atoms with van der Waals surface area (Å²) in [6.07, 6.45) is 3.13. The molecule has 80 valence electrons. The molecule has 4 nitrogen and oxygen atoms in total. The summed E-state index contributed by atoms with van der Waals surface area (Å²) in [6, 6.07) is 0. The van der Waals surface area contributed by atoms with Gasteiger partial charge in [-0.2, -0.15) is 0 Å². The molecule has 0 amide bonds. The highest BCUT2D eigenvalue weighted by Crippen LogP contribution is 2.10. The maximum absolute atomic E-state index is 10.5. The molecule has 0 bridgehead atoms. The molecule has 1 aliphatic heterocycles. The number of cyclic esters (lactones) is 1. The zero-order chi connectivity index (χ0) is 11.0. The zero-order valence-corrected chi connectivity index (χ0v) is 8.83. The third kappa shape index (κ3) is 6.22. The van der Waals surface area contributed by atoms with Crippen LogP contribution in [0.3, 0.4) is 0 Å². The van der Waals surface area contributed by atoms with E-state index >= 15 is 0 Å². The van der Waals surface area contributed by atoms with Gasteiger partial charge in [0.2, 0.25) is 0 Å². The van der Waals surface area contributed by atoms with Crippen LogP contribution in [0.25, 0.3) is 0 Å². The molecule has 0 aromatic carbocycles. The maximum Gasteiger partial charge on any atom is 0.314 e. The van der Waals surface area contributed by atoms with Gasteiger partial charge in [0.25, 0.3) is 0 Å². The third-order valence-corrected chi connectivity index (χ3v) is 1.16. The number of carbonyl (C=O) groups excluding carboxylic acids is 2. The van der Waals surface area contributed by atoms with Crippen molar-refractivity contribution in [3.8, 4) is 0 Å². The van der Waals surface area contributed by atoms with Crippen LogP contribution in [-0.4, -0.2) is 18.5 Å². The second-order valence-electron chi connectivity index (χ2n) is 2.84. The fourth-order valence-corrected chi connectivity index (χ4v) is 0.688. The van der Waals surface area contributed by atoms with Gasteiger partial charge in [-0.25, -0.2) is 0 Å².